The van der Waals surface area contributed by atoms with Crippen LogP contribution in [0.5, 0.6) is 0 Å². The number of alkyl halides is 3. The highest BCUT2D eigenvalue weighted by molar-refractivity contribution is 5.42. The number of hydrogen-bond donors (Lipinski definition) is 2. The van der Waals surface area contributed by atoms with Gasteiger partial charge in [-0.05, 0) is 11.6 Å². The van der Waals surface area contributed by atoms with E-state index in [2.05, 4.69) is 0 Å². The molecule has 5 heteroatoms. The zero-order valence-corrected chi connectivity index (χ0v) is 10.6. The predicted molar refractivity (Wildman–Crippen MR) is 69.9 cm³/mol. The first-order chi connectivity index (χ1) is 9.39. The third-order valence-electron chi connectivity index (χ3n) is 3.22. The van der Waals surface area contributed by atoms with Crippen LogP contribution in [-0.4, -0.2) is 11.7 Å². The van der Waals surface area contributed by atoms with Gasteiger partial charge in [-0.2, -0.15) is 13.2 Å². The molecule has 2 nitrogen and oxygen atoms in total. The van der Waals surface area contributed by atoms with Crippen molar-refractivity contribution in [3.8, 4) is 0 Å². The van der Waals surface area contributed by atoms with E-state index in [4.69, 9.17) is 5.73 Å². The van der Waals surface area contributed by atoms with Gasteiger partial charge < -0.3 is 10.8 Å². The van der Waals surface area contributed by atoms with Crippen molar-refractivity contribution >= 4 is 0 Å². The Morgan fingerprint density at radius 1 is 0.850 bits per heavy atom. The van der Waals surface area contributed by atoms with Crippen LogP contribution >= 0.6 is 0 Å². The van der Waals surface area contributed by atoms with E-state index >= 15 is 0 Å². The first kappa shape index (κ1) is 14.6. The van der Waals surface area contributed by atoms with Gasteiger partial charge in [0, 0.05) is 12.1 Å². The van der Waals surface area contributed by atoms with Crippen molar-refractivity contribution < 1.29 is 18.3 Å². The molecule has 106 valence electrons. The third kappa shape index (κ3) is 2.55. The van der Waals surface area contributed by atoms with E-state index < -0.39 is 17.3 Å². The summed E-state index contributed by atoms with van der Waals surface area (Å²) in [6.45, 7) is -0.343. The monoisotopic (exact) mass is 281 g/mol. The summed E-state index contributed by atoms with van der Waals surface area (Å²) in [5, 5.41) is 10.7. The minimum absolute atomic E-state index is 0.235. The molecule has 0 radical (unpaired) electrons. The Hall–Kier alpha value is -1.85. The Morgan fingerprint density at radius 3 is 1.85 bits per heavy atom. The Bertz CT molecular complexity index is 583. The van der Waals surface area contributed by atoms with E-state index in [9.17, 15) is 18.3 Å². The summed E-state index contributed by atoms with van der Waals surface area (Å²) in [4.78, 5) is 0. The predicted octanol–water partition coefficient (Wildman–Crippen LogP) is 2.90. The van der Waals surface area contributed by atoms with Gasteiger partial charge in [0.15, 0.2) is 0 Å². The van der Waals surface area contributed by atoms with E-state index in [1.807, 2.05) is 0 Å². The lowest BCUT2D eigenvalue weighted by molar-refractivity contribution is -0.140. The fourth-order valence-corrected chi connectivity index (χ4v) is 2.19. The maximum atomic E-state index is 13.1. The average molecular weight is 281 g/mol. The first-order valence-electron chi connectivity index (χ1n) is 6.04. The van der Waals surface area contributed by atoms with Crippen molar-refractivity contribution in [1.82, 2.24) is 0 Å². The number of benzene rings is 2. The van der Waals surface area contributed by atoms with Crippen LogP contribution in [0.2, 0.25) is 0 Å². The summed E-state index contributed by atoms with van der Waals surface area (Å²) in [6, 6.07) is 13.1. The smallest absolute Gasteiger partial charge is 0.379 e. The van der Waals surface area contributed by atoms with E-state index in [1.165, 1.54) is 18.2 Å². The van der Waals surface area contributed by atoms with Crippen molar-refractivity contribution in [3.05, 3.63) is 71.3 Å². The Balaban J connectivity index is 2.64. The third-order valence-corrected chi connectivity index (χ3v) is 3.22. The molecule has 0 saturated heterocycles. The second-order valence-corrected chi connectivity index (χ2v) is 4.47. The first-order valence-corrected chi connectivity index (χ1v) is 6.04. The molecule has 0 bridgehead atoms. The molecule has 1 atom stereocenters. The zero-order chi connectivity index (χ0) is 14.8. The van der Waals surface area contributed by atoms with Crippen LogP contribution < -0.4 is 5.73 Å². The molecule has 0 saturated carbocycles. The quantitative estimate of drug-likeness (QED) is 0.908. The van der Waals surface area contributed by atoms with Gasteiger partial charge in [0.25, 0.3) is 0 Å². The van der Waals surface area contributed by atoms with Gasteiger partial charge in [0.1, 0.15) is 5.60 Å². The molecule has 0 amide bonds. The average Bonchev–Trinajstić information content (AvgIpc) is 2.46. The standard InChI is InChI=1S/C15H14F3NO/c16-15(17,18)13-9-5-4-8-12(13)14(20,10-19)11-6-2-1-3-7-11/h1-9,20H,10,19H2. The fourth-order valence-electron chi connectivity index (χ4n) is 2.19. The van der Waals surface area contributed by atoms with Crippen LogP contribution in [0.3, 0.4) is 0 Å². The van der Waals surface area contributed by atoms with Crippen LogP contribution in [0.15, 0.2) is 54.6 Å². The zero-order valence-electron chi connectivity index (χ0n) is 10.6. The maximum Gasteiger partial charge on any atom is 0.416 e. The molecule has 3 N–H and O–H groups in total. The molecule has 0 spiro atoms. The lowest BCUT2D eigenvalue weighted by Crippen LogP contribution is -2.38. The van der Waals surface area contributed by atoms with E-state index in [0.29, 0.717) is 5.56 Å². The van der Waals surface area contributed by atoms with Crippen molar-refractivity contribution in [1.29, 1.82) is 0 Å². The van der Waals surface area contributed by atoms with Gasteiger partial charge in [-0.3, -0.25) is 0 Å². The highest BCUT2D eigenvalue weighted by Crippen LogP contribution is 2.39. The fraction of sp³-hybridized carbons (Fsp3) is 0.200. The van der Waals surface area contributed by atoms with Crippen molar-refractivity contribution in [2.24, 2.45) is 5.73 Å². The highest BCUT2D eigenvalue weighted by Gasteiger charge is 2.40. The minimum atomic E-state index is -4.55. The van der Waals surface area contributed by atoms with Gasteiger partial charge in [-0.25, -0.2) is 0 Å². The topological polar surface area (TPSA) is 46.2 Å². The van der Waals surface area contributed by atoms with Gasteiger partial charge in [-0.1, -0.05) is 48.5 Å². The summed E-state index contributed by atoms with van der Waals surface area (Å²) in [6.07, 6.45) is -4.55. The molecular weight excluding hydrogens is 267 g/mol. The maximum absolute atomic E-state index is 13.1. The molecule has 0 heterocycles. The van der Waals surface area contributed by atoms with Crippen LogP contribution in [0.4, 0.5) is 13.2 Å². The van der Waals surface area contributed by atoms with Gasteiger partial charge in [0.05, 0.1) is 5.56 Å². The molecule has 2 aromatic rings. The number of nitrogens with two attached hydrogens (primary N) is 1. The molecule has 1 unspecified atom stereocenters. The summed E-state index contributed by atoms with van der Waals surface area (Å²) >= 11 is 0. The number of halogens is 3. The summed E-state index contributed by atoms with van der Waals surface area (Å²) < 4.78 is 39.2. The molecule has 0 aliphatic carbocycles. The minimum Gasteiger partial charge on any atom is -0.379 e. The molecule has 2 rings (SSSR count). The Kier molecular flexibility index (Phi) is 3.83. The SMILES string of the molecule is NCC(O)(c1ccccc1)c1ccccc1C(F)(F)F. The molecule has 0 aliphatic heterocycles. The summed E-state index contributed by atoms with van der Waals surface area (Å²) in [5.74, 6) is 0. The molecule has 20 heavy (non-hydrogen) atoms. The van der Waals surface area contributed by atoms with E-state index in [-0.39, 0.29) is 12.1 Å². The van der Waals surface area contributed by atoms with Crippen LogP contribution in [0.1, 0.15) is 16.7 Å². The van der Waals surface area contributed by atoms with Crippen LogP contribution in [0.25, 0.3) is 0 Å². The van der Waals surface area contributed by atoms with Crippen LogP contribution in [-0.2, 0) is 11.8 Å². The van der Waals surface area contributed by atoms with Crippen LogP contribution in [0, 0.1) is 0 Å². The second kappa shape index (κ2) is 5.26. The van der Waals surface area contributed by atoms with Crippen molar-refractivity contribution in [2.75, 3.05) is 6.54 Å². The molecular formula is C15H14F3NO. The molecule has 0 aromatic heterocycles. The summed E-state index contributed by atoms with van der Waals surface area (Å²) in [5.41, 5.74) is 2.92. The normalized spacial score (nSPS) is 14.8. The van der Waals surface area contributed by atoms with E-state index in [1.54, 1.807) is 30.3 Å². The van der Waals surface area contributed by atoms with Crippen molar-refractivity contribution in [3.63, 3.8) is 0 Å². The Labute approximate surface area is 114 Å². The lowest BCUT2D eigenvalue weighted by atomic mass is 9.83. The number of hydrogen-bond acceptors (Lipinski definition) is 2. The largest absolute Gasteiger partial charge is 0.416 e. The highest BCUT2D eigenvalue weighted by atomic mass is 19.4. The second-order valence-electron chi connectivity index (χ2n) is 4.47. The number of aliphatic hydroxyl groups is 1. The van der Waals surface area contributed by atoms with Gasteiger partial charge >= 0.3 is 6.18 Å². The summed E-state index contributed by atoms with van der Waals surface area (Å²) in [7, 11) is 0. The van der Waals surface area contributed by atoms with Crippen molar-refractivity contribution in [2.45, 2.75) is 11.8 Å². The van der Waals surface area contributed by atoms with Gasteiger partial charge in [0.2, 0.25) is 0 Å². The lowest BCUT2D eigenvalue weighted by Gasteiger charge is -2.30. The molecule has 2 aromatic carbocycles. The molecule has 0 fully saturated rings. The van der Waals surface area contributed by atoms with E-state index in [0.717, 1.165) is 6.07 Å². The molecule has 0 aliphatic rings. The Morgan fingerprint density at radius 2 is 1.35 bits per heavy atom. The van der Waals surface area contributed by atoms with Gasteiger partial charge in [-0.15, -0.1) is 0 Å². The number of rotatable bonds is 3.